The highest BCUT2D eigenvalue weighted by molar-refractivity contribution is 5.83. The Labute approximate surface area is 247 Å². The first-order valence-electron chi connectivity index (χ1n) is 16.0. The smallest absolute Gasteiger partial charge is 0.330 e. The van der Waals surface area contributed by atoms with Gasteiger partial charge in [0.15, 0.2) is 0 Å². The molecule has 0 saturated carbocycles. The number of unbranched alkanes of at least 4 members (excludes halogenated alkanes) is 6. The normalized spacial score (nSPS) is 12.7. The van der Waals surface area contributed by atoms with E-state index in [4.69, 9.17) is 9.47 Å². The lowest BCUT2D eigenvalue weighted by Crippen LogP contribution is -2.09. The Bertz CT molecular complexity index is 741. The van der Waals surface area contributed by atoms with Crippen LogP contribution in [0, 0.1) is 11.8 Å². The van der Waals surface area contributed by atoms with E-state index in [9.17, 15) is 9.59 Å². The summed E-state index contributed by atoms with van der Waals surface area (Å²) in [4.78, 5) is 23.9. The van der Waals surface area contributed by atoms with E-state index < -0.39 is 0 Å². The van der Waals surface area contributed by atoms with Gasteiger partial charge in [-0.1, -0.05) is 99.7 Å². The maximum absolute atomic E-state index is 12.0. The molecule has 4 nitrogen and oxygen atoms in total. The van der Waals surface area contributed by atoms with E-state index >= 15 is 0 Å². The predicted octanol–water partition coefficient (Wildman–Crippen LogP) is 10.6. The monoisotopic (exact) mass is 558 g/mol. The topological polar surface area (TPSA) is 52.6 Å². The van der Waals surface area contributed by atoms with Gasteiger partial charge in [0.2, 0.25) is 0 Å². The van der Waals surface area contributed by atoms with Crippen molar-refractivity contribution in [2.45, 2.75) is 145 Å². The van der Waals surface area contributed by atoms with Gasteiger partial charge in [-0.25, -0.2) is 9.59 Å². The standard InChI is InChI=1S/C36H62O4/c1-29(2)19-17-21-32(7)27-35(37)39-25-15-11-9-13-23-34(31(5)6)24-14-10-12-16-26-40-36(38)28-33(8)22-18-20-30(3)4/h19-20,27-28,31,34H,9-18,21-26H2,1-8H3/b32-27+,33-28+. The third kappa shape index (κ3) is 24.9. The number of hydrogen-bond donors (Lipinski definition) is 0. The van der Waals surface area contributed by atoms with E-state index in [1.807, 2.05) is 13.8 Å². The summed E-state index contributed by atoms with van der Waals surface area (Å²) in [5, 5.41) is 0. The van der Waals surface area contributed by atoms with E-state index in [0.29, 0.717) is 19.1 Å². The highest BCUT2D eigenvalue weighted by Gasteiger charge is 2.12. The number of carbonyl (C=O) groups is 2. The van der Waals surface area contributed by atoms with Gasteiger partial charge < -0.3 is 9.47 Å². The molecule has 0 aromatic carbocycles. The number of allylic oxidation sites excluding steroid dienone is 6. The molecule has 0 fully saturated rings. The minimum absolute atomic E-state index is 0.203. The largest absolute Gasteiger partial charge is 0.463 e. The molecule has 230 valence electrons. The zero-order chi connectivity index (χ0) is 30.2. The summed E-state index contributed by atoms with van der Waals surface area (Å²) in [7, 11) is 0. The Hall–Kier alpha value is -2.10. The van der Waals surface area contributed by atoms with Crippen molar-refractivity contribution >= 4 is 11.9 Å². The minimum Gasteiger partial charge on any atom is -0.463 e. The lowest BCUT2D eigenvalue weighted by atomic mass is 9.86. The van der Waals surface area contributed by atoms with Gasteiger partial charge in [-0.3, -0.25) is 0 Å². The lowest BCUT2D eigenvalue weighted by molar-refractivity contribution is -0.138. The van der Waals surface area contributed by atoms with Crippen molar-refractivity contribution in [2.24, 2.45) is 11.8 Å². The van der Waals surface area contributed by atoms with Crippen LogP contribution in [0.2, 0.25) is 0 Å². The molecule has 0 radical (unpaired) electrons. The molecular formula is C36H62O4. The minimum atomic E-state index is -0.203. The Balaban J connectivity index is 3.89. The third-order valence-corrected chi connectivity index (χ3v) is 7.28. The molecule has 0 rings (SSSR count). The molecule has 0 atom stereocenters. The molecule has 0 aromatic heterocycles. The first-order valence-corrected chi connectivity index (χ1v) is 16.0. The van der Waals surface area contributed by atoms with Crippen LogP contribution in [0.15, 0.2) is 46.6 Å². The molecular weight excluding hydrogens is 496 g/mol. The van der Waals surface area contributed by atoms with Crippen LogP contribution in [0.4, 0.5) is 0 Å². The van der Waals surface area contributed by atoms with Crippen molar-refractivity contribution in [1.82, 2.24) is 0 Å². The fraction of sp³-hybridized carbons (Fsp3) is 0.722. The average Bonchev–Trinajstić information content (AvgIpc) is 2.85. The molecule has 0 saturated heterocycles. The highest BCUT2D eigenvalue weighted by atomic mass is 16.5. The highest BCUT2D eigenvalue weighted by Crippen LogP contribution is 2.25. The molecule has 0 unspecified atom stereocenters. The molecule has 0 aromatic rings. The molecule has 4 heteroatoms. The number of carbonyl (C=O) groups excluding carboxylic acids is 2. The molecule has 0 bridgehead atoms. The van der Waals surface area contributed by atoms with Crippen molar-refractivity contribution in [2.75, 3.05) is 13.2 Å². The van der Waals surface area contributed by atoms with E-state index in [0.717, 1.165) is 68.4 Å². The molecule has 0 heterocycles. The number of rotatable bonds is 23. The van der Waals surface area contributed by atoms with E-state index in [-0.39, 0.29) is 11.9 Å². The van der Waals surface area contributed by atoms with Crippen LogP contribution >= 0.6 is 0 Å². The lowest BCUT2D eigenvalue weighted by Gasteiger charge is -2.20. The van der Waals surface area contributed by atoms with Crippen LogP contribution in [0.25, 0.3) is 0 Å². The number of hydrogen-bond acceptors (Lipinski definition) is 4. The van der Waals surface area contributed by atoms with Crippen molar-refractivity contribution in [3.63, 3.8) is 0 Å². The second-order valence-electron chi connectivity index (χ2n) is 12.4. The third-order valence-electron chi connectivity index (χ3n) is 7.28. The Morgan fingerprint density at radius 3 is 1.30 bits per heavy atom. The zero-order valence-electron chi connectivity index (χ0n) is 27.4. The van der Waals surface area contributed by atoms with Gasteiger partial charge in [-0.2, -0.15) is 0 Å². The molecule has 0 amide bonds. The van der Waals surface area contributed by atoms with Gasteiger partial charge in [0, 0.05) is 12.2 Å². The van der Waals surface area contributed by atoms with Crippen LogP contribution in [-0.2, 0) is 19.1 Å². The molecule has 0 aliphatic rings. The summed E-state index contributed by atoms with van der Waals surface area (Å²) in [5.74, 6) is 1.07. The first-order chi connectivity index (χ1) is 19.0. The molecule has 0 aliphatic carbocycles. The van der Waals surface area contributed by atoms with Crippen molar-refractivity contribution in [3.8, 4) is 0 Å². The zero-order valence-corrected chi connectivity index (χ0v) is 27.4. The van der Waals surface area contributed by atoms with Gasteiger partial charge in [0.05, 0.1) is 13.2 Å². The van der Waals surface area contributed by atoms with Gasteiger partial charge in [-0.15, -0.1) is 0 Å². The van der Waals surface area contributed by atoms with Crippen LogP contribution in [0.5, 0.6) is 0 Å². The summed E-state index contributed by atoms with van der Waals surface area (Å²) in [5.41, 5.74) is 4.78. The van der Waals surface area contributed by atoms with Crippen LogP contribution < -0.4 is 0 Å². The number of esters is 2. The Kier molecular flexibility index (Phi) is 23.4. The fourth-order valence-electron chi connectivity index (χ4n) is 4.69. The second-order valence-corrected chi connectivity index (χ2v) is 12.4. The summed E-state index contributed by atoms with van der Waals surface area (Å²) in [6.45, 7) is 18.1. The molecule has 0 spiro atoms. The second kappa shape index (κ2) is 24.7. The van der Waals surface area contributed by atoms with Gasteiger partial charge in [-0.05, 0) is 91.9 Å². The SMILES string of the molecule is CC(C)=CCC/C(C)=C/C(=O)OCCCCCCC(CCCCCCOC(=O)/C=C(\C)CCC=C(C)C)C(C)C. The van der Waals surface area contributed by atoms with E-state index in [2.05, 4.69) is 53.7 Å². The Morgan fingerprint density at radius 2 is 0.950 bits per heavy atom. The Morgan fingerprint density at radius 1 is 0.575 bits per heavy atom. The maximum atomic E-state index is 12.0. The summed E-state index contributed by atoms with van der Waals surface area (Å²) in [6.07, 6.45) is 23.0. The van der Waals surface area contributed by atoms with Gasteiger partial charge >= 0.3 is 11.9 Å². The molecule has 0 N–H and O–H groups in total. The van der Waals surface area contributed by atoms with Gasteiger partial charge in [0.25, 0.3) is 0 Å². The van der Waals surface area contributed by atoms with Crippen LogP contribution in [-0.4, -0.2) is 25.2 Å². The quantitative estimate of drug-likeness (QED) is 0.0541. The maximum Gasteiger partial charge on any atom is 0.330 e. The van der Waals surface area contributed by atoms with Crippen molar-refractivity contribution in [3.05, 3.63) is 46.6 Å². The van der Waals surface area contributed by atoms with Gasteiger partial charge in [0.1, 0.15) is 0 Å². The van der Waals surface area contributed by atoms with E-state index in [1.165, 1.54) is 49.7 Å². The van der Waals surface area contributed by atoms with Crippen molar-refractivity contribution in [1.29, 1.82) is 0 Å². The van der Waals surface area contributed by atoms with Crippen LogP contribution in [0.3, 0.4) is 0 Å². The molecule has 0 aliphatic heterocycles. The first kappa shape index (κ1) is 37.9. The fourth-order valence-corrected chi connectivity index (χ4v) is 4.69. The van der Waals surface area contributed by atoms with E-state index in [1.54, 1.807) is 12.2 Å². The summed E-state index contributed by atoms with van der Waals surface area (Å²) in [6, 6.07) is 0. The predicted molar refractivity (Wildman–Crippen MR) is 171 cm³/mol. The summed E-state index contributed by atoms with van der Waals surface area (Å²) >= 11 is 0. The summed E-state index contributed by atoms with van der Waals surface area (Å²) < 4.78 is 10.8. The average molecular weight is 559 g/mol. The van der Waals surface area contributed by atoms with Crippen LogP contribution in [0.1, 0.15) is 145 Å². The number of ether oxygens (including phenoxy) is 2. The van der Waals surface area contributed by atoms with Crippen molar-refractivity contribution < 1.29 is 19.1 Å². The molecule has 40 heavy (non-hydrogen) atoms.